The van der Waals surface area contributed by atoms with Gasteiger partial charge in [0.15, 0.2) is 6.29 Å². The molecule has 1 unspecified atom stereocenters. The van der Waals surface area contributed by atoms with Crippen LogP contribution in [0.4, 0.5) is 13.2 Å². The van der Waals surface area contributed by atoms with Gasteiger partial charge in [0.25, 0.3) is 0 Å². The molecule has 1 aromatic carbocycles. The standard InChI is InChI=1S/C14H14F3NO2/c1-8-10(13(19)20-2)7-18-12(8)9-5-3-4-6-11(9)14(15,16)17/h3-7,13,18-19H,1-2H3. The Morgan fingerprint density at radius 2 is 1.90 bits per heavy atom. The lowest BCUT2D eigenvalue weighted by molar-refractivity contribution is -0.137. The van der Waals surface area contributed by atoms with Crippen LogP contribution in [0.25, 0.3) is 11.3 Å². The van der Waals surface area contributed by atoms with Gasteiger partial charge in [0.1, 0.15) is 0 Å². The van der Waals surface area contributed by atoms with Crippen LogP contribution in [0.1, 0.15) is 23.0 Å². The van der Waals surface area contributed by atoms with E-state index in [1.807, 2.05) is 0 Å². The lowest BCUT2D eigenvalue weighted by Crippen LogP contribution is -2.07. The first-order valence-electron chi connectivity index (χ1n) is 5.91. The van der Waals surface area contributed by atoms with Crippen molar-refractivity contribution in [3.63, 3.8) is 0 Å². The van der Waals surface area contributed by atoms with E-state index in [0.717, 1.165) is 6.07 Å². The maximum Gasteiger partial charge on any atom is 0.417 e. The summed E-state index contributed by atoms with van der Waals surface area (Å²) in [6.07, 6.45) is -4.15. The minimum Gasteiger partial charge on any atom is -0.364 e. The van der Waals surface area contributed by atoms with Gasteiger partial charge in [0.05, 0.1) is 5.56 Å². The number of methoxy groups -OCH3 is 1. The van der Waals surface area contributed by atoms with Gasteiger partial charge in [-0.05, 0) is 18.6 Å². The first kappa shape index (κ1) is 14.6. The largest absolute Gasteiger partial charge is 0.417 e. The fourth-order valence-corrected chi connectivity index (χ4v) is 2.12. The predicted octanol–water partition coefficient (Wildman–Crippen LogP) is 3.65. The third kappa shape index (κ3) is 2.57. The summed E-state index contributed by atoms with van der Waals surface area (Å²) in [5.41, 5.74) is 0.593. The summed E-state index contributed by atoms with van der Waals surface area (Å²) in [6.45, 7) is 1.64. The molecule has 0 aliphatic carbocycles. The average Bonchev–Trinajstić information content (AvgIpc) is 2.78. The van der Waals surface area contributed by atoms with Gasteiger partial charge >= 0.3 is 6.18 Å². The van der Waals surface area contributed by atoms with Crippen molar-refractivity contribution in [2.75, 3.05) is 7.11 Å². The Morgan fingerprint density at radius 3 is 2.50 bits per heavy atom. The van der Waals surface area contributed by atoms with E-state index in [4.69, 9.17) is 4.74 Å². The fraction of sp³-hybridized carbons (Fsp3) is 0.286. The van der Waals surface area contributed by atoms with E-state index in [9.17, 15) is 18.3 Å². The van der Waals surface area contributed by atoms with E-state index in [2.05, 4.69) is 4.98 Å². The summed E-state index contributed by atoms with van der Waals surface area (Å²) >= 11 is 0. The van der Waals surface area contributed by atoms with Gasteiger partial charge in [-0.15, -0.1) is 0 Å². The molecular weight excluding hydrogens is 271 g/mol. The molecule has 0 amide bonds. The number of ether oxygens (including phenoxy) is 1. The monoisotopic (exact) mass is 285 g/mol. The first-order chi connectivity index (χ1) is 9.36. The molecule has 6 heteroatoms. The van der Waals surface area contributed by atoms with Crippen LogP contribution in [0.2, 0.25) is 0 Å². The average molecular weight is 285 g/mol. The van der Waals surface area contributed by atoms with Crippen LogP contribution in [-0.4, -0.2) is 17.2 Å². The molecule has 3 nitrogen and oxygen atoms in total. The molecule has 1 aromatic heterocycles. The molecule has 0 fully saturated rings. The number of aliphatic hydroxyl groups excluding tert-OH is 1. The maximum absolute atomic E-state index is 13.0. The molecule has 1 atom stereocenters. The van der Waals surface area contributed by atoms with Crippen molar-refractivity contribution in [1.29, 1.82) is 0 Å². The number of hydrogen-bond donors (Lipinski definition) is 2. The molecule has 108 valence electrons. The van der Waals surface area contributed by atoms with Gasteiger partial charge < -0.3 is 14.8 Å². The molecular formula is C14H14F3NO2. The van der Waals surface area contributed by atoms with E-state index in [1.54, 1.807) is 6.92 Å². The zero-order valence-corrected chi connectivity index (χ0v) is 11.0. The number of rotatable bonds is 3. The van der Waals surface area contributed by atoms with E-state index in [-0.39, 0.29) is 5.56 Å². The van der Waals surface area contributed by atoms with Gasteiger partial charge in [0.2, 0.25) is 0 Å². The van der Waals surface area contributed by atoms with E-state index in [1.165, 1.54) is 31.5 Å². The van der Waals surface area contributed by atoms with Crippen LogP contribution in [-0.2, 0) is 10.9 Å². The van der Waals surface area contributed by atoms with E-state index >= 15 is 0 Å². The van der Waals surface area contributed by atoms with Crippen LogP contribution in [0.5, 0.6) is 0 Å². The van der Waals surface area contributed by atoms with E-state index < -0.39 is 18.0 Å². The second-order valence-electron chi connectivity index (χ2n) is 4.38. The molecule has 0 aliphatic heterocycles. The number of nitrogens with one attached hydrogen (secondary N) is 1. The Kier molecular flexibility index (Phi) is 3.87. The molecule has 2 rings (SSSR count). The molecule has 0 saturated carbocycles. The highest BCUT2D eigenvalue weighted by Gasteiger charge is 2.34. The van der Waals surface area contributed by atoms with Crippen molar-refractivity contribution in [3.05, 3.63) is 47.2 Å². The predicted molar refractivity (Wildman–Crippen MR) is 67.9 cm³/mol. The van der Waals surface area contributed by atoms with Crippen molar-refractivity contribution in [3.8, 4) is 11.3 Å². The van der Waals surface area contributed by atoms with Crippen molar-refractivity contribution in [2.24, 2.45) is 0 Å². The number of benzene rings is 1. The zero-order chi connectivity index (χ0) is 14.9. The summed E-state index contributed by atoms with van der Waals surface area (Å²) in [5.74, 6) is 0. The van der Waals surface area contributed by atoms with Crippen LogP contribution in [0, 0.1) is 6.92 Å². The molecule has 0 radical (unpaired) electrons. The van der Waals surface area contributed by atoms with Crippen LogP contribution in [0.3, 0.4) is 0 Å². The molecule has 0 spiro atoms. The topological polar surface area (TPSA) is 45.2 Å². The minimum absolute atomic E-state index is 0.0482. The fourth-order valence-electron chi connectivity index (χ4n) is 2.12. The van der Waals surface area contributed by atoms with Gasteiger partial charge in [-0.3, -0.25) is 0 Å². The molecule has 20 heavy (non-hydrogen) atoms. The normalized spacial score (nSPS) is 13.5. The van der Waals surface area contributed by atoms with Gasteiger partial charge in [-0.2, -0.15) is 13.2 Å². The Hall–Kier alpha value is -1.79. The second-order valence-corrected chi connectivity index (χ2v) is 4.38. The number of aliphatic hydroxyl groups is 1. The third-order valence-electron chi connectivity index (χ3n) is 3.17. The number of hydrogen-bond acceptors (Lipinski definition) is 2. The lowest BCUT2D eigenvalue weighted by atomic mass is 10.0. The smallest absolute Gasteiger partial charge is 0.364 e. The van der Waals surface area contributed by atoms with Gasteiger partial charge in [-0.1, -0.05) is 18.2 Å². The van der Waals surface area contributed by atoms with Crippen LogP contribution >= 0.6 is 0 Å². The van der Waals surface area contributed by atoms with Crippen LogP contribution in [0.15, 0.2) is 30.5 Å². The Morgan fingerprint density at radius 1 is 1.25 bits per heavy atom. The van der Waals surface area contributed by atoms with Gasteiger partial charge in [-0.25, -0.2) is 0 Å². The molecule has 0 aliphatic rings. The van der Waals surface area contributed by atoms with Crippen molar-refractivity contribution >= 4 is 0 Å². The quantitative estimate of drug-likeness (QED) is 0.846. The second kappa shape index (κ2) is 5.30. The highest BCUT2D eigenvalue weighted by atomic mass is 19.4. The number of H-pyrrole nitrogens is 1. The third-order valence-corrected chi connectivity index (χ3v) is 3.17. The number of halogens is 3. The number of aromatic amines is 1. The van der Waals surface area contributed by atoms with Crippen molar-refractivity contribution < 1.29 is 23.0 Å². The zero-order valence-electron chi connectivity index (χ0n) is 11.0. The molecule has 2 aromatic rings. The first-order valence-corrected chi connectivity index (χ1v) is 5.91. The highest BCUT2D eigenvalue weighted by Crippen LogP contribution is 2.38. The molecule has 0 bridgehead atoms. The lowest BCUT2D eigenvalue weighted by Gasteiger charge is -2.13. The summed E-state index contributed by atoms with van der Waals surface area (Å²) in [7, 11) is 1.32. The molecule has 2 N–H and O–H groups in total. The number of alkyl halides is 3. The Bertz CT molecular complexity index is 605. The van der Waals surface area contributed by atoms with Crippen molar-refractivity contribution in [2.45, 2.75) is 19.4 Å². The SMILES string of the molecule is COC(O)c1c[nH]c(-c2ccccc2C(F)(F)F)c1C. The van der Waals surface area contributed by atoms with Gasteiger partial charge in [0, 0.05) is 30.1 Å². The van der Waals surface area contributed by atoms with E-state index in [0.29, 0.717) is 16.8 Å². The highest BCUT2D eigenvalue weighted by molar-refractivity contribution is 5.69. The number of aromatic nitrogens is 1. The minimum atomic E-state index is -4.44. The summed E-state index contributed by atoms with van der Waals surface area (Å²) in [6, 6.07) is 5.31. The summed E-state index contributed by atoms with van der Waals surface area (Å²) < 4.78 is 43.8. The summed E-state index contributed by atoms with van der Waals surface area (Å²) in [5, 5.41) is 9.64. The summed E-state index contributed by atoms with van der Waals surface area (Å²) in [4.78, 5) is 2.78. The van der Waals surface area contributed by atoms with Crippen molar-refractivity contribution in [1.82, 2.24) is 4.98 Å². The Labute approximate surface area is 114 Å². The molecule has 0 saturated heterocycles. The maximum atomic E-state index is 13.0. The Balaban J connectivity index is 2.56. The molecule has 1 heterocycles. The van der Waals surface area contributed by atoms with Crippen LogP contribution < -0.4 is 0 Å².